The van der Waals surface area contributed by atoms with E-state index in [1.807, 2.05) is 36.4 Å². The molecule has 1 saturated heterocycles. The molecular formula is C21H17N5O5S2. The van der Waals surface area contributed by atoms with Gasteiger partial charge < -0.3 is 21.0 Å². The van der Waals surface area contributed by atoms with Crippen LogP contribution in [0.2, 0.25) is 0 Å². The number of anilines is 1. The number of fused-ring (bicyclic) bond motifs is 2. The SMILES string of the molecule is CON=C(C(=O)N[C@@H]1C(=O)N2C(C(=O)O)=C3C=C(c4ccccc4)[C@H]3S[C@H]12)c1csc(N)n1. The Morgan fingerprint density at radius 1 is 1.30 bits per heavy atom. The lowest BCUT2D eigenvalue weighted by Crippen LogP contribution is -2.72. The first-order chi connectivity index (χ1) is 15.9. The molecule has 3 heterocycles. The van der Waals surface area contributed by atoms with Gasteiger partial charge in [-0.3, -0.25) is 14.5 Å². The molecule has 1 fully saturated rings. The second kappa shape index (κ2) is 8.05. The van der Waals surface area contributed by atoms with Crippen LogP contribution in [-0.2, 0) is 19.2 Å². The van der Waals surface area contributed by atoms with E-state index in [1.165, 1.54) is 23.8 Å². The highest BCUT2D eigenvalue weighted by Crippen LogP contribution is 2.53. The van der Waals surface area contributed by atoms with Crippen LogP contribution in [0.1, 0.15) is 11.3 Å². The summed E-state index contributed by atoms with van der Waals surface area (Å²) in [6.45, 7) is 0. The van der Waals surface area contributed by atoms with Crippen LogP contribution >= 0.6 is 23.1 Å². The molecule has 2 amide bonds. The number of thioether (sulfide) groups is 1. The third-order valence-corrected chi connectivity index (χ3v) is 7.68. The summed E-state index contributed by atoms with van der Waals surface area (Å²) in [6.07, 6.45) is 1.81. The van der Waals surface area contributed by atoms with Crippen LogP contribution in [0.4, 0.5) is 5.13 Å². The third-order valence-electron chi connectivity index (χ3n) is 5.47. The minimum Gasteiger partial charge on any atom is -0.477 e. The first-order valence-corrected chi connectivity index (χ1v) is 11.6. The molecule has 0 saturated carbocycles. The predicted octanol–water partition coefficient (Wildman–Crippen LogP) is 1.28. The molecule has 12 heteroatoms. The van der Waals surface area contributed by atoms with Crippen molar-refractivity contribution >= 4 is 57.3 Å². The fourth-order valence-electron chi connectivity index (χ4n) is 3.98. The van der Waals surface area contributed by atoms with E-state index in [2.05, 4.69) is 15.5 Å². The van der Waals surface area contributed by atoms with Crippen molar-refractivity contribution in [2.45, 2.75) is 16.7 Å². The van der Waals surface area contributed by atoms with Gasteiger partial charge in [-0.1, -0.05) is 35.5 Å². The minimum atomic E-state index is -1.18. The van der Waals surface area contributed by atoms with Gasteiger partial charge in [-0.2, -0.15) is 0 Å². The number of aliphatic carboxylic acids is 1. The summed E-state index contributed by atoms with van der Waals surface area (Å²) >= 11 is 2.57. The molecule has 5 rings (SSSR count). The number of aromatic nitrogens is 1. The van der Waals surface area contributed by atoms with Gasteiger partial charge in [-0.25, -0.2) is 9.78 Å². The van der Waals surface area contributed by atoms with E-state index >= 15 is 0 Å². The standard InChI is InChI=1S/C21H17N5O5S2/c1-31-25-13(12-8-32-21(22)23-12)17(27)24-14-18(28)26-15(20(29)30)11-7-10(16(11)33-19(14)26)9-5-3-2-4-6-9/h2-8,14,16,19H,1H3,(H2,22,23)(H,24,27)(H,29,30)/t14-,16-,19-/m1/s1. The lowest BCUT2D eigenvalue weighted by atomic mass is 9.84. The summed E-state index contributed by atoms with van der Waals surface area (Å²) in [5.41, 5.74) is 8.27. The second-order valence-corrected chi connectivity index (χ2v) is 9.45. The van der Waals surface area contributed by atoms with E-state index in [9.17, 15) is 19.5 Å². The zero-order valence-electron chi connectivity index (χ0n) is 17.1. The van der Waals surface area contributed by atoms with Gasteiger partial charge >= 0.3 is 5.97 Å². The Bertz CT molecular complexity index is 1270. The minimum absolute atomic E-state index is 0.0445. The van der Waals surface area contributed by atoms with Crippen molar-refractivity contribution in [3.05, 3.63) is 64.3 Å². The van der Waals surface area contributed by atoms with Gasteiger partial charge in [0.15, 0.2) is 10.8 Å². The molecule has 33 heavy (non-hydrogen) atoms. The van der Waals surface area contributed by atoms with E-state index < -0.39 is 29.2 Å². The Balaban J connectivity index is 1.41. The van der Waals surface area contributed by atoms with Crippen LogP contribution in [-0.4, -0.2) is 62.3 Å². The van der Waals surface area contributed by atoms with E-state index in [4.69, 9.17) is 10.6 Å². The Kier molecular flexibility index (Phi) is 5.17. The number of nitrogen functional groups attached to an aromatic ring is 1. The lowest BCUT2D eigenvalue weighted by molar-refractivity contribution is -0.150. The number of nitrogens with two attached hydrogens (primary N) is 1. The highest BCUT2D eigenvalue weighted by Gasteiger charge is 2.58. The molecule has 3 aliphatic rings. The van der Waals surface area contributed by atoms with Crippen molar-refractivity contribution in [2.75, 3.05) is 12.8 Å². The van der Waals surface area contributed by atoms with Crippen molar-refractivity contribution in [3.8, 4) is 0 Å². The van der Waals surface area contributed by atoms with Crippen LogP contribution in [0.15, 0.2) is 58.2 Å². The summed E-state index contributed by atoms with van der Waals surface area (Å²) < 4.78 is 0. The summed E-state index contributed by atoms with van der Waals surface area (Å²) in [5.74, 6) is -2.35. The topological polar surface area (TPSA) is 147 Å². The number of nitrogens with zero attached hydrogens (tertiary/aromatic N) is 3. The lowest BCUT2D eigenvalue weighted by Gasteiger charge is -2.53. The Hall–Kier alpha value is -3.64. The Morgan fingerprint density at radius 2 is 2.06 bits per heavy atom. The number of β-lactam (4-membered cyclic amide) rings is 1. The normalized spacial score (nSPS) is 23.6. The van der Waals surface area contributed by atoms with Crippen LogP contribution in [0.5, 0.6) is 0 Å². The van der Waals surface area contributed by atoms with Crippen molar-refractivity contribution in [1.82, 2.24) is 15.2 Å². The van der Waals surface area contributed by atoms with Crippen molar-refractivity contribution in [3.63, 3.8) is 0 Å². The second-order valence-electron chi connectivity index (χ2n) is 7.33. The van der Waals surface area contributed by atoms with Crippen LogP contribution < -0.4 is 11.1 Å². The van der Waals surface area contributed by atoms with Crippen molar-refractivity contribution in [2.24, 2.45) is 5.16 Å². The van der Waals surface area contributed by atoms with Gasteiger partial charge in [0.25, 0.3) is 11.8 Å². The van der Waals surface area contributed by atoms with Crippen LogP contribution in [0.25, 0.3) is 5.57 Å². The molecule has 0 bridgehead atoms. The first-order valence-electron chi connectivity index (χ1n) is 9.77. The van der Waals surface area contributed by atoms with E-state index in [0.717, 1.165) is 22.5 Å². The van der Waals surface area contributed by atoms with Gasteiger partial charge in [-0.05, 0) is 17.2 Å². The summed E-state index contributed by atoms with van der Waals surface area (Å²) in [5, 5.41) is 17.2. The van der Waals surface area contributed by atoms with Gasteiger partial charge in [0.1, 0.15) is 29.9 Å². The molecule has 0 unspecified atom stereocenters. The zero-order valence-corrected chi connectivity index (χ0v) is 18.7. The number of thiazole rings is 1. The predicted molar refractivity (Wildman–Crippen MR) is 123 cm³/mol. The average molecular weight is 484 g/mol. The highest BCUT2D eigenvalue weighted by molar-refractivity contribution is 8.01. The third kappa shape index (κ3) is 3.38. The molecule has 2 aromatic rings. The summed E-state index contributed by atoms with van der Waals surface area (Å²) in [4.78, 5) is 47.8. The maximum atomic E-state index is 12.9. The van der Waals surface area contributed by atoms with Gasteiger partial charge in [0.2, 0.25) is 0 Å². The fraction of sp³-hybridized carbons (Fsp3) is 0.190. The number of hydrogen-bond acceptors (Lipinski definition) is 9. The number of carboxylic acids is 1. The van der Waals surface area contributed by atoms with Crippen molar-refractivity contribution in [1.29, 1.82) is 0 Å². The van der Waals surface area contributed by atoms with Crippen molar-refractivity contribution < 1.29 is 24.3 Å². The smallest absolute Gasteiger partial charge is 0.352 e. The number of amides is 2. The van der Waals surface area contributed by atoms with E-state index in [0.29, 0.717) is 5.57 Å². The Morgan fingerprint density at radius 3 is 2.70 bits per heavy atom. The molecule has 1 aromatic heterocycles. The molecule has 0 spiro atoms. The average Bonchev–Trinajstić information content (AvgIpc) is 3.22. The summed E-state index contributed by atoms with van der Waals surface area (Å²) in [7, 11) is 1.29. The number of hydrogen-bond donors (Lipinski definition) is 3. The van der Waals surface area contributed by atoms with Crippen LogP contribution in [0.3, 0.4) is 0 Å². The first kappa shape index (κ1) is 21.2. The van der Waals surface area contributed by atoms with E-state index in [1.54, 1.807) is 5.38 Å². The number of benzene rings is 1. The van der Waals surface area contributed by atoms with Crippen LogP contribution in [0, 0.1) is 0 Å². The highest BCUT2D eigenvalue weighted by atomic mass is 32.2. The number of carbonyl (C=O) groups is 3. The molecule has 168 valence electrons. The van der Waals surface area contributed by atoms with Gasteiger partial charge in [0, 0.05) is 11.0 Å². The molecule has 3 atom stereocenters. The number of nitrogens with one attached hydrogen (secondary N) is 1. The maximum Gasteiger partial charge on any atom is 0.352 e. The number of carboxylic acid groups (broad SMARTS) is 1. The largest absolute Gasteiger partial charge is 0.477 e. The molecule has 0 radical (unpaired) electrons. The number of allylic oxidation sites excluding steroid dienone is 1. The number of carbonyl (C=O) groups excluding carboxylic acids is 2. The summed E-state index contributed by atoms with van der Waals surface area (Å²) in [6, 6.07) is 8.71. The van der Waals surface area contributed by atoms with Gasteiger partial charge in [-0.15, -0.1) is 23.1 Å². The number of oxime groups is 1. The monoisotopic (exact) mass is 483 g/mol. The molecule has 4 N–H and O–H groups in total. The molecule has 10 nitrogen and oxygen atoms in total. The maximum absolute atomic E-state index is 12.9. The molecule has 1 aromatic carbocycles. The zero-order chi connectivity index (χ0) is 23.3. The Labute approximate surface area is 195 Å². The van der Waals surface area contributed by atoms with Gasteiger partial charge in [0.05, 0.1) is 5.25 Å². The molecular weight excluding hydrogens is 466 g/mol. The molecule has 1 aliphatic carbocycles. The number of rotatable bonds is 6. The van der Waals surface area contributed by atoms with E-state index in [-0.39, 0.29) is 27.5 Å². The quantitative estimate of drug-likeness (QED) is 0.316. The fourth-order valence-corrected chi connectivity index (χ4v) is 6.15. The molecule has 2 aliphatic heterocycles.